The van der Waals surface area contributed by atoms with Crippen molar-refractivity contribution >= 4 is 17.6 Å². The van der Waals surface area contributed by atoms with Crippen LogP contribution in [0.2, 0.25) is 0 Å². The molecule has 2 aromatic rings. The van der Waals surface area contributed by atoms with Crippen LogP contribution >= 0.6 is 0 Å². The van der Waals surface area contributed by atoms with Crippen LogP contribution in [0.1, 0.15) is 42.8 Å². The number of benzene rings is 1. The van der Waals surface area contributed by atoms with Crippen LogP contribution in [-0.4, -0.2) is 55.0 Å². The smallest absolute Gasteiger partial charge is 0.425 e. The van der Waals surface area contributed by atoms with E-state index in [1.165, 1.54) is 26.4 Å². The van der Waals surface area contributed by atoms with E-state index < -0.39 is 46.1 Å². The van der Waals surface area contributed by atoms with Gasteiger partial charge in [-0.15, -0.1) is 0 Å². The first-order chi connectivity index (χ1) is 17.3. The van der Waals surface area contributed by atoms with E-state index in [0.29, 0.717) is 17.1 Å². The standard InChI is InChI=1S/C26H27F3N2O6/c1-24(2)13-16-21(17(32)14-24)25(26(27,28)29,30-22(33)19-6-5-11-37-19)23(34)31(16)10-9-15-7-8-18(35-3)20(12-15)36-4/h5-8,11-12H,9-10,13-14H2,1-4H3,(H,30,33). The zero-order valence-corrected chi connectivity index (χ0v) is 20.8. The minimum absolute atomic E-state index is 0.0243. The largest absolute Gasteiger partial charge is 0.493 e. The molecule has 1 aliphatic carbocycles. The van der Waals surface area contributed by atoms with Gasteiger partial charge in [-0.1, -0.05) is 19.9 Å². The van der Waals surface area contributed by atoms with Gasteiger partial charge in [-0.05, 0) is 48.1 Å². The Hall–Kier alpha value is -3.76. The van der Waals surface area contributed by atoms with Gasteiger partial charge in [-0.25, -0.2) is 0 Å². The van der Waals surface area contributed by atoms with E-state index in [2.05, 4.69) is 0 Å². The Bertz CT molecular complexity index is 1270. The minimum Gasteiger partial charge on any atom is -0.493 e. The summed E-state index contributed by atoms with van der Waals surface area (Å²) >= 11 is 0. The van der Waals surface area contributed by atoms with Gasteiger partial charge >= 0.3 is 6.18 Å². The molecule has 1 unspecified atom stereocenters. The molecule has 0 radical (unpaired) electrons. The third-order valence-electron chi connectivity index (χ3n) is 6.66. The van der Waals surface area contributed by atoms with Gasteiger partial charge < -0.3 is 24.1 Å². The molecule has 2 amide bonds. The summed E-state index contributed by atoms with van der Waals surface area (Å²) in [5.41, 5.74) is -4.26. The van der Waals surface area contributed by atoms with Gasteiger partial charge in [0.25, 0.3) is 11.8 Å². The van der Waals surface area contributed by atoms with Crippen molar-refractivity contribution in [2.24, 2.45) is 5.41 Å². The van der Waals surface area contributed by atoms with Crippen LogP contribution in [0.4, 0.5) is 13.2 Å². The number of hydrogen-bond donors (Lipinski definition) is 1. The molecule has 2 aliphatic rings. The van der Waals surface area contributed by atoms with Gasteiger partial charge in [0.05, 0.1) is 26.1 Å². The Kier molecular flexibility index (Phi) is 6.60. The first-order valence-electron chi connectivity index (χ1n) is 11.6. The van der Waals surface area contributed by atoms with Crippen molar-refractivity contribution in [2.45, 2.75) is 44.8 Å². The molecule has 0 spiro atoms. The van der Waals surface area contributed by atoms with Gasteiger partial charge in [0.1, 0.15) is 0 Å². The molecule has 0 saturated heterocycles. The number of amides is 2. The van der Waals surface area contributed by atoms with Crippen LogP contribution in [0, 0.1) is 5.41 Å². The van der Waals surface area contributed by atoms with Crippen LogP contribution in [0.25, 0.3) is 0 Å². The number of methoxy groups -OCH3 is 2. The molecular weight excluding hydrogens is 493 g/mol. The van der Waals surface area contributed by atoms with Gasteiger partial charge in [-0.2, -0.15) is 13.2 Å². The normalized spacial score (nSPS) is 21.2. The molecular formula is C26H27F3N2O6. The fraction of sp³-hybridized carbons (Fsp3) is 0.423. The van der Waals surface area contributed by atoms with Crippen LogP contribution in [0.15, 0.2) is 52.3 Å². The Morgan fingerprint density at radius 1 is 1.11 bits per heavy atom. The number of ether oxygens (including phenoxy) is 2. The number of rotatable bonds is 7. The maximum atomic E-state index is 14.8. The molecule has 2 heterocycles. The highest BCUT2D eigenvalue weighted by atomic mass is 19.4. The van der Waals surface area contributed by atoms with Gasteiger partial charge in [0, 0.05) is 18.7 Å². The molecule has 37 heavy (non-hydrogen) atoms. The maximum absolute atomic E-state index is 14.8. The summed E-state index contributed by atoms with van der Waals surface area (Å²) in [6.07, 6.45) is -4.14. The summed E-state index contributed by atoms with van der Waals surface area (Å²) in [5.74, 6) is -3.00. The number of furan rings is 1. The van der Waals surface area contributed by atoms with Gasteiger partial charge in [0.15, 0.2) is 23.0 Å². The summed E-state index contributed by atoms with van der Waals surface area (Å²) in [5, 5.41) is 1.84. The quantitative estimate of drug-likeness (QED) is 0.592. The first-order valence-corrected chi connectivity index (χ1v) is 11.6. The summed E-state index contributed by atoms with van der Waals surface area (Å²) in [4.78, 5) is 40.6. The summed E-state index contributed by atoms with van der Waals surface area (Å²) in [6, 6.07) is 7.54. The monoisotopic (exact) mass is 520 g/mol. The van der Waals surface area contributed by atoms with Gasteiger partial charge in [0.2, 0.25) is 5.54 Å². The van der Waals surface area contributed by atoms with Crippen LogP contribution in [-0.2, 0) is 16.0 Å². The fourth-order valence-corrected chi connectivity index (χ4v) is 4.98. The third kappa shape index (κ3) is 4.47. The molecule has 1 aromatic heterocycles. The average molecular weight is 521 g/mol. The number of carbonyl (C=O) groups excluding carboxylic acids is 3. The number of allylic oxidation sites excluding steroid dienone is 1. The number of hydrogen-bond acceptors (Lipinski definition) is 6. The van der Waals surface area contributed by atoms with Crippen molar-refractivity contribution < 1.29 is 41.4 Å². The fourth-order valence-electron chi connectivity index (χ4n) is 4.98. The van der Waals surface area contributed by atoms with Crippen molar-refractivity contribution in [1.29, 1.82) is 0 Å². The molecule has 1 N–H and O–H groups in total. The second kappa shape index (κ2) is 9.28. The molecule has 1 aromatic carbocycles. The van der Waals surface area contributed by atoms with Crippen molar-refractivity contribution in [2.75, 3.05) is 20.8 Å². The number of carbonyl (C=O) groups is 3. The zero-order chi connectivity index (χ0) is 27.2. The molecule has 0 fully saturated rings. The third-order valence-corrected chi connectivity index (χ3v) is 6.66. The number of ketones is 1. The van der Waals surface area contributed by atoms with Crippen LogP contribution in [0.5, 0.6) is 11.5 Å². The summed E-state index contributed by atoms with van der Waals surface area (Å²) in [6.45, 7) is 3.35. The maximum Gasteiger partial charge on any atom is 0.425 e. The number of alkyl halides is 3. The van der Waals surface area contributed by atoms with Crippen molar-refractivity contribution in [3.8, 4) is 11.5 Å². The Morgan fingerprint density at radius 2 is 1.81 bits per heavy atom. The summed E-state index contributed by atoms with van der Waals surface area (Å²) in [7, 11) is 2.93. The Balaban J connectivity index is 1.77. The van der Waals surface area contributed by atoms with E-state index >= 15 is 0 Å². The topological polar surface area (TPSA) is 98.1 Å². The highest BCUT2D eigenvalue weighted by Gasteiger charge is 2.71. The highest BCUT2D eigenvalue weighted by Crippen LogP contribution is 2.51. The first kappa shape index (κ1) is 26.3. The predicted molar refractivity (Wildman–Crippen MR) is 125 cm³/mol. The Labute approximate surface area is 211 Å². The number of nitrogens with one attached hydrogen (secondary N) is 1. The average Bonchev–Trinajstić information content (AvgIpc) is 3.43. The number of halogens is 3. The molecule has 0 saturated carbocycles. The van der Waals surface area contributed by atoms with E-state index in [1.54, 1.807) is 32.0 Å². The molecule has 8 nitrogen and oxygen atoms in total. The van der Waals surface area contributed by atoms with Crippen molar-refractivity contribution in [3.63, 3.8) is 0 Å². The highest BCUT2D eigenvalue weighted by molar-refractivity contribution is 6.14. The molecule has 1 aliphatic heterocycles. The van der Waals surface area contributed by atoms with E-state index in [4.69, 9.17) is 13.9 Å². The number of Topliss-reactive ketones (excluding diaryl/α,β-unsaturated/α-hetero) is 1. The molecule has 1 atom stereocenters. The van der Waals surface area contributed by atoms with Crippen LogP contribution in [0.3, 0.4) is 0 Å². The molecule has 0 bridgehead atoms. The molecule has 11 heteroatoms. The molecule has 4 rings (SSSR count). The second-order valence-corrected chi connectivity index (χ2v) is 9.84. The number of nitrogens with zero attached hydrogens (tertiary/aromatic N) is 1. The zero-order valence-electron chi connectivity index (χ0n) is 20.8. The predicted octanol–water partition coefficient (Wildman–Crippen LogP) is 4.06. The van der Waals surface area contributed by atoms with E-state index in [0.717, 1.165) is 11.2 Å². The minimum atomic E-state index is -5.29. The van der Waals surface area contributed by atoms with Gasteiger partial charge in [-0.3, -0.25) is 14.4 Å². The lowest BCUT2D eigenvalue weighted by atomic mass is 9.72. The molecule has 198 valence electrons. The lowest BCUT2D eigenvalue weighted by Crippen LogP contribution is -2.66. The van der Waals surface area contributed by atoms with E-state index in [9.17, 15) is 27.6 Å². The van der Waals surface area contributed by atoms with Crippen LogP contribution < -0.4 is 14.8 Å². The lowest BCUT2D eigenvalue weighted by molar-refractivity contribution is -0.190. The van der Waals surface area contributed by atoms with E-state index in [1.807, 2.05) is 5.32 Å². The van der Waals surface area contributed by atoms with Crippen molar-refractivity contribution in [1.82, 2.24) is 10.2 Å². The van der Waals surface area contributed by atoms with E-state index in [-0.39, 0.29) is 31.5 Å². The second-order valence-electron chi connectivity index (χ2n) is 9.84. The Morgan fingerprint density at radius 3 is 2.41 bits per heavy atom. The van der Waals surface area contributed by atoms with Crippen molar-refractivity contribution in [3.05, 3.63) is 59.2 Å². The summed E-state index contributed by atoms with van der Waals surface area (Å²) < 4.78 is 59.9. The lowest BCUT2D eigenvalue weighted by Gasteiger charge is -2.35. The SMILES string of the molecule is COc1ccc(CCN2C(=O)C(NC(=O)c3ccco3)(C(F)(F)F)C3=C2CC(C)(C)CC3=O)cc1OC.